The predicted octanol–water partition coefficient (Wildman–Crippen LogP) is -3.16. The monoisotopic (exact) mass is 1180 g/mol. The first-order valence-electron chi connectivity index (χ1n) is 15.9. The molecule has 300 valence electrons. The molecule has 19 nitrogen and oxygen atoms in total. The van der Waals surface area contributed by atoms with Crippen LogP contribution in [0.25, 0.3) is 0 Å². The van der Waals surface area contributed by atoms with E-state index >= 15 is 0 Å². The Morgan fingerprint density at radius 3 is 0.746 bits per heavy atom. The number of hydrogen-bond donors (Lipinski definition) is 0. The van der Waals surface area contributed by atoms with E-state index < -0.39 is 23.6 Å². The fraction of sp³-hybridized carbons (Fsp3) is 0.105. The first-order valence-corrected chi connectivity index (χ1v) is 15.9. The van der Waals surface area contributed by atoms with Crippen LogP contribution in [-0.2, 0) is 81.5 Å². The van der Waals surface area contributed by atoms with Crippen molar-refractivity contribution in [3.63, 3.8) is 0 Å². The minimum atomic E-state index is -0.505. The van der Waals surface area contributed by atoms with Crippen molar-refractivity contribution < 1.29 is 103 Å². The Balaban J connectivity index is -0.000000950. The number of rotatable bonds is 12. The molecule has 21 heteroatoms. The Hall–Kier alpha value is -5.55. The average molecular weight is 1180 g/mol. The minimum Gasteiger partial charge on any atom is -0.857 e. The number of hydrogen-bond acceptors (Lipinski definition) is 14. The number of nitrogens with zero attached hydrogens (tertiary/aromatic N) is 10. The first kappa shape index (κ1) is 57.8. The molecule has 0 bridgehead atoms. The number of aromatic nitrogens is 6. The summed E-state index contributed by atoms with van der Waals surface area (Å²) in [6.45, 7) is 0.625. The maximum atomic E-state index is 12.2. The van der Waals surface area contributed by atoms with Gasteiger partial charge in [-0.25, -0.2) is 9.97 Å². The van der Waals surface area contributed by atoms with Gasteiger partial charge in [-0.3, -0.25) is 39.9 Å². The van der Waals surface area contributed by atoms with Crippen LogP contribution in [0.5, 0.6) is 0 Å². The van der Waals surface area contributed by atoms with Gasteiger partial charge in [0.15, 0.2) is 0 Å². The van der Waals surface area contributed by atoms with Crippen molar-refractivity contribution in [1.29, 1.82) is 0 Å². The molecule has 0 spiro atoms. The summed E-state index contributed by atoms with van der Waals surface area (Å²) in [6, 6.07) is 30.8. The summed E-state index contributed by atoms with van der Waals surface area (Å²) in [7, 11) is 0. The number of aliphatic imine (C=N–C) groups is 4. The molecule has 0 aliphatic heterocycles. The fourth-order valence-electron chi connectivity index (χ4n) is 4.25. The zero-order valence-electron chi connectivity index (χ0n) is 31.5. The molecule has 6 rings (SSSR count). The second-order valence-corrected chi connectivity index (χ2v) is 10.6. The summed E-state index contributed by atoms with van der Waals surface area (Å²) < 4.78 is 0. The first-order chi connectivity index (χ1) is 25.4. The van der Waals surface area contributed by atoms with Gasteiger partial charge in [0.05, 0.1) is 71.7 Å². The van der Waals surface area contributed by atoms with E-state index in [0.717, 1.165) is 0 Å². The van der Waals surface area contributed by atoms with Gasteiger partial charge in [-0.2, -0.15) is 0 Å². The van der Waals surface area contributed by atoms with Crippen LogP contribution in [0, 0.1) is 0 Å². The molecular weight excluding hydrogens is 1140 g/mol. The Labute approximate surface area is 379 Å². The summed E-state index contributed by atoms with van der Waals surface area (Å²) >= 11 is 0. The average Bonchev–Trinajstić information content (AvgIpc) is 3.22. The SMILES string of the molecule is O.O.O.O.O.[Hg+2].[Hg+2].[O-]C(=NCc1ccccn1)c1cccc(C([O-])=NCc2ccccn2)n1.[O-]C(=NCc1ccccn1)c1cccc(C([O-])=NCc2ccccn2)n1. The van der Waals surface area contributed by atoms with Gasteiger partial charge in [-0.15, -0.1) is 0 Å². The van der Waals surface area contributed by atoms with Gasteiger partial charge in [0.1, 0.15) is 0 Å². The molecule has 0 saturated carbocycles. The van der Waals surface area contributed by atoms with Crippen molar-refractivity contribution in [2.45, 2.75) is 26.2 Å². The van der Waals surface area contributed by atoms with Gasteiger partial charge in [-0.1, -0.05) is 36.4 Å². The van der Waals surface area contributed by atoms with E-state index in [1.807, 2.05) is 24.3 Å². The predicted molar refractivity (Wildman–Crippen MR) is 204 cm³/mol. The molecule has 0 radical (unpaired) electrons. The Bertz CT molecular complexity index is 1860. The smallest absolute Gasteiger partial charge is 0.857 e. The Kier molecular flexibility index (Phi) is 30.8. The van der Waals surface area contributed by atoms with Crippen molar-refractivity contribution in [3.05, 3.63) is 180 Å². The third kappa shape index (κ3) is 19.6. The molecule has 0 aromatic carbocycles. The third-order valence-corrected chi connectivity index (χ3v) is 6.82. The molecule has 0 saturated heterocycles. The van der Waals surface area contributed by atoms with E-state index in [0.29, 0.717) is 22.8 Å². The molecular formula is C38H40Hg2N10O9. The standard InChI is InChI=1S/2C19H17N5O2.2Hg.5H2O/c2*25-18(22-12-14-6-1-3-10-20-14)16-8-5-9-17(24-16)19(26)23-13-15-7-2-4-11-21-15;;;;;;;/h2*1-11H,12-13H2,(H,22,25)(H,23,26);;;5*1H2/q;;2*+2;;;;;/p-4. The van der Waals surface area contributed by atoms with Gasteiger partial charge in [-0.05, 0) is 72.8 Å². The van der Waals surface area contributed by atoms with Gasteiger partial charge >= 0.3 is 55.3 Å². The second-order valence-electron chi connectivity index (χ2n) is 10.6. The second kappa shape index (κ2) is 31.4. The van der Waals surface area contributed by atoms with Crippen LogP contribution in [0.3, 0.4) is 0 Å². The molecule has 0 unspecified atom stereocenters. The van der Waals surface area contributed by atoms with Crippen molar-refractivity contribution in [3.8, 4) is 0 Å². The van der Waals surface area contributed by atoms with Crippen molar-refractivity contribution in [2.75, 3.05) is 0 Å². The molecule has 0 aliphatic carbocycles. The van der Waals surface area contributed by atoms with Crippen LogP contribution in [0.15, 0.2) is 154 Å². The topological polar surface area (TPSA) is 377 Å². The molecule has 0 fully saturated rings. The number of pyridine rings is 6. The summed E-state index contributed by atoms with van der Waals surface area (Å²) in [5.41, 5.74) is 3.10. The molecule has 0 aliphatic rings. The van der Waals surface area contributed by atoms with Crippen LogP contribution in [0.1, 0.15) is 45.6 Å². The summed E-state index contributed by atoms with van der Waals surface area (Å²) in [5.74, 6) is -2.02. The fourth-order valence-corrected chi connectivity index (χ4v) is 4.25. The Morgan fingerprint density at radius 2 is 0.559 bits per heavy atom. The van der Waals surface area contributed by atoms with E-state index in [1.54, 1.807) is 85.5 Å². The van der Waals surface area contributed by atoms with Crippen molar-refractivity contribution >= 4 is 23.6 Å². The zero-order valence-corrected chi connectivity index (χ0v) is 42.5. The van der Waals surface area contributed by atoms with Crippen molar-refractivity contribution in [2.24, 2.45) is 20.0 Å². The van der Waals surface area contributed by atoms with Crippen LogP contribution < -0.4 is 20.4 Å². The van der Waals surface area contributed by atoms with Crippen LogP contribution in [0.2, 0.25) is 0 Å². The van der Waals surface area contributed by atoms with Gasteiger partial charge in [0.2, 0.25) is 0 Å². The van der Waals surface area contributed by atoms with Gasteiger partial charge < -0.3 is 47.8 Å². The Morgan fingerprint density at radius 1 is 0.339 bits per heavy atom. The van der Waals surface area contributed by atoms with Gasteiger partial charge in [0, 0.05) is 48.4 Å². The molecule has 6 aromatic rings. The quantitative estimate of drug-likeness (QED) is 0.0673. The summed E-state index contributed by atoms with van der Waals surface area (Å²) in [4.78, 5) is 40.3. The van der Waals surface area contributed by atoms with E-state index in [-0.39, 0.29) is 132 Å². The summed E-state index contributed by atoms with van der Waals surface area (Å²) in [5, 5.41) is 48.7. The van der Waals surface area contributed by atoms with E-state index in [4.69, 9.17) is 0 Å². The maximum Gasteiger partial charge on any atom is 2.00 e. The molecule has 10 N–H and O–H groups in total. The van der Waals surface area contributed by atoms with E-state index in [1.165, 1.54) is 24.3 Å². The van der Waals surface area contributed by atoms with Crippen LogP contribution >= 0.6 is 0 Å². The minimum absolute atomic E-state index is 0. The largest absolute Gasteiger partial charge is 2.00 e. The maximum absolute atomic E-state index is 12.2. The van der Waals surface area contributed by atoms with E-state index in [9.17, 15) is 20.4 Å². The third-order valence-electron chi connectivity index (χ3n) is 6.82. The molecule has 0 amide bonds. The summed E-state index contributed by atoms with van der Waals surface area (Å²) in [6.07, 6.45) is 6.54. The zero-order chi connectivity index (χ0) is 36.4. The normalized spacial score (nSPS) is 10.7. The van der Waals surface area contributed by atoms with Crippen LogP contribution in [0.4, 0.5) is 0 Å². The molecule has 6 heterocycles. The molecule has 6 aromatic heterocycles. The molecule has 0 atom stereocenters. The van der Waals surface area contributed by atoms with Gasteiger partial charge in [0.25, 0.3) is 0 Å². The van der Waals surface area contributed by atoms with Crippen molar-refractivity contribution in [1.82, 2.24) is 29.9 Å². The molecule has 59 heavy (non-hydrogen) atoms. The van der Waals surface area contributed by atoms with E-state index in [2.05, 4.69) is 49.9 Å². The van der Waals surface area contributed by atoms with Crippen LogP contribution in [-0.4, -0.2) is 80.9 Å².